The van der Waals surface area contributed by atoms with Crippen molar-refractivity contribution in [1.82, 2.24) is 9.80 Å². The molecule has 3 N–H and O–H groups in total. The molecular formula is C23H38IN5O4. The first-order chi connectivity index (χ1) is 14.8. The summed E-state index contributed by atoms with van der Waals surface area (Å²) in [7, 11) is 0. The summed E-state index contributed by atoms with van der Waals surface area (Å²) in [6.45, 7) is 13.9. The van der Waals surface area contributed by atoms with E-state index < -0.39 is 17.3 Å². The van der Waals surface area contributed by atoms with Crippen molar-refractivity contribution in [2.75, 3.05) is 38.0 Å². The molecule has 1 saturated heterocycles. The van der Waals surface area contributed by atoms with Gasteiger partial charge in [-0.1, -0.05) is 12.1 Å². The van der Waals surface area contributed by atoms with Crippen molar-refractivity contribution in [2.45, 2.75) is 59.2 Å². The lowest BCUT2D eigenvalue weighted by Gasteiger charge is -2.36. The maximum absolute atomic E-state index is 12.2. The number of hydrogen-bond acceptors (Lipinski definition) is 5. The van der Waals surface area contributed by atoms with E-state index in [0.717, 1.165) is 12.0 Å². The highest BCUT2D eigenvalue weighted by atomic mass is 127. The second-order valence-electron chi connectivity index (χ2n) is 9.77. The van der Waals surface area contributed by atoms with E-state index in [4.69, 9.17) is 15.2 Å². The van der Waals surface area contributed by atoms with Gasteiger partial charge in [-0.25, -0.2) is 9.59 Å². The number of nitrogens with one attached hydrogen (secondary N) is 1. The van der Waals surface area contributed by atoms with E-state index in [1.807, 2.05) is 70.7 Å². The molecule has 1 fully saturated rings. The summed E-state index contributed by atoms with van der Waals surface area (Å²) >= 11 is 0. The topological polar surface area (TPSA) is 109 Å². The number of halogens is 1. The van der Waals surface area contributed by atoms with E-state index in [0.29, 0.717) is 44.4 Å². The largest absolute Gasteiger partial charge is 0.444 e. The Bertz CT molecular complexity index is 808. The van der Waals surface area contributed by atoms with Crippen LogP contribution in [0.1, 0.15) is 47.1 Å². The average molecular weight is 575 g/mol. The maximum atomic E-state index is 12.2. The first-order valence-corrected chi connectivity index (χ1v) is 10.9. The molecule has 0 unspecified atom stereocenters. The third-order valence-corrected chi connectivity index (χ3v) is 4.53. The highest BCUT2D eigenvalue weighted by Gasteiger charge is 2.26. The van der Waals surface area contributed by atoms with E-state index in [-0.39, 0.29) is 30.1 Å². The number of piperazine rings is 1. The zero-order valence-corrected chi connectivity index (χ0v) is 22.8. The zero-order chi connectivity index (χ0) is 23.9. The number of nitrogens with two attached hydrogens (primary N) is 1. The molecule has 0 saturated carbocycles. The summed E-state index contributed by atoms with van der Waals surface area (Å²) in [4.78, 5) is 32.1. The Morgan fingerprint density at radius 2 is 1.45 bits per heavy atom. The van der Waals surface area contributed by atoms with Crippen molar-refractivity contribution in [2.24, 2.45) is 10.7 Å². The van der Waals surface area contributed by atoms with Crippen LogP contribution in [-0.2, 0) is 15.9 Å². The summed E-state index contributed by atoms with van der Waals surface area (Å²) in [6, 6.07) is 7.56. The molecule has 0 spiro atoms. The van der Waals surface area contributed by atoms with E-state index >= 15 is 0 Å². The van der Waals surface area contributed by atoms with Crippen LogP contribution in [0.5, 0.6) is 0 Å². The third kappa shape index (κ3) is 11.0. The monoisotopic (exact) mass is 575 g/mol. The lowest BCUT2D eigenvalue weighted by molar-refractivity contribution is 0.0186. The van der Waals surface area contributed by atoms with Crippen molar-refractivity contribution < 1.29 is 19.1 Å². The SMILES string of the molecule is CC(C)(C)OC(=O)Nc1ccc(CCN=C(N)N2CCN(C(=O)OC(C)(C)C)CC2)cc1.I. The average Bonchev–Trinajstić information content (AvgIpc) is 2.66. The van der Waals surface area contributed by atoms with Gasteiger partial charge in [0.2, 0.25) is 0 Å². The van der Waals surface area contributed by atoms with Crippen molar-refractivity contribution >= 4 is 47.8 Å². The number of aliphatic imine (C=N–C) groups is 1. The number of hydrogen-bond donors (Lipinski definition) is 2. The van der Waals surface area contributed by atoms with Gasteiger partial charge in [0.25, 0.3) is 0 Å². The summed E-state index contributed by atoms with van der Waals surface area (Å²) in [5.74, 6) is 0.483. The maximum Gasteiger partial charge on any atom is 0.412 e. The predicted molar refractivity (Wildman–Crippen MR) is 141 cm³/mol. The van der Waals surface area contributed by atoms with Gasteiger partial charge in [-0.15, -0.1) is 24.0 Å². The van der Waals surface area contributed by atoms with Gasteiger partial charge in [0.15, 0.2) is 5.96 Å². The minimum atomic E-state index is -0.537. The molecule has 1 aromatic carbocycles. The Kier molecular flexibility index (Phi) is 10.7. The normalized spacial score (nSPS) is 14.9. The minimum absolute atomic E-state index is 0. The van der Waals surface area contributed by atoms with Crippen LogP contribution in [0.2, 0.25) is 0 Å². The number of rotatable bonds is 4. The molecular weight excluding hydrogens is 537 g/mol. The summed E-state index contributed by atoms with van der Waals surface area (Å²) in [5.41, 5.74) is 6.87. The van der Waals surface area contributed by atoms with Gasteiger partial charge in [0, 0.05) is 38.4 Å². The van der Waals surface area contributed by atoms with Gasteiger partial charge < -0.3 is 25.0 Å². The molecule has 186 valence electrons. The number of carbonyl (C=O) groups is 2. The van der Waals surface area contributed by atoms with Gasteiger partial charge in [-0.2, -0.15) is 0 Å². The minimum Gasteiger partial charge on any atom is -0.444 e. The summed E-state index contributed by atoms with van der Waals surface area (Å²) in [5, 5.41) is 2.71. The van der Waals surface area contributed by atoms with Crippen molar-refractivity contribution in [1.29, 1.82) is 0 Å². The number of carbonyl (C=O) groups excluding carboxylic acids is 2. The van der Waals surface area contributed by atoms with Gasteiger partial charge >= 0.3 is 12.2 Å². The Labute approximate surface area is 214 Å². The fourth-order valence-electron chi connectivity index (χ4n) is 3.02. The number of nitrogens with zero attached hydrogens (tertiary/aromatic N) is 3. The Hall–Kier alpha value is -2.24. The molecule has 2 rings (SSSR count). The second kappa shape index (κ2) is 12.3. The summed E-state index contributed by atoms with van der Waals surface area (Å²) < 4.78 is 10.7. The van der Waals surface area contributed by atoms with Crippen molar-refractivity contribution in [3.05, 3.63) is 29.8 Å². The molecule has 0 bridgehead atoms. The lowest BCUT2D eigenvalue weighted by atomic mass is 10.1. The zero-order valence-electron chi connectivity index (χ0n) is 20.5. The summed E-state index contributed by atoms with van der Waals surface area (Å²) in [6.07, 6.45) is -0.0441. The lowest BCUT2D eigenvalue weighted by Crippen LogP contribution is -2.53. The van der Waals surface area contributed by atoms with Gasteiger partial charge in [-0.3, -0.25) is 10.3 Å². The molecule has 10 heteroatoms. The molecule has 0 aliphatic carbocycles. The quantitative estimate of drug-likeness (QED) is 0.319. The van der Waals surface area contributed by atoms with Crippen LogP contribution in [0.15, 0.2) is 29.3 Å². The molecule has 1 aliphatic rings. The van der Waals surface area contributed by atoms with Crippen LogP contribution in [-0.4, -0.2) is 71.9 Å². The molecule has 33 heavy (non-hydrogen) atoms. The van der Waals surface area contributed by atoms with E-state index in [1.165, 1.54) is 0 Å². The van der Waals surface area contributed by atoms with Crippen LogP contribution in [0.3, 0.4) is 0 Å². The number of anilines is 1. The van der Waals surface area contributed by atoms with Crippen molar-refractivity contribution in [3.63, 3.8) is 0 Å². The Morgan fingerprint density at radius 3 is 1.97 bits per heavy atom. The van der Waals surface area contributed by atoms with Crippen LogP contribution >= 0.6 is 24.0 Å². The number of amides is 2. The fourth-order valence-corrected chi connectivity index (χ4v) is 3.02. The third-order valence-electron chi connectivity index (χ3n) is 4.53. The Morgan fingerprint density at radius 1 is 0.939 bits per heavy atom. The standard InChI is InChI=1S/C23H37N5O4.HI/c1-22(2,3)31-20(29)26-18-9-7-17(8-10-18)11-12-25-19(24)27-13-15-28(16-14-27)21(30)32-23(4,5)6;/h7-10H,11-16H2,1-6H3,(H2,24,25)(H,26,29);1H. The van der Waals surface area contributed by atoms with Gasteiger partial charge in [-0.05, 0) is 65.7 Å². The van der Waals surface area contributed by atoms with Gasteiger partial charge in [0.05, 0.1) is 0 Å². The van der Waals surface area contributed by atoms with E-state index in [1.54, 1.807) is 4.90 Å². The highest BCUT2D eigenvalue weighted by molar-refractivity contribution is 14.0. The Balaban J connectivity index is 0.00000544. The van der Waals surface area contributed by atoms with Crippen LogP contribution in [0.25, 0.3) is 0 Å². The number of benzene rings is 1. The molecule has 1 aliphatic heterocycles. The fraction of sp³-hybridized carbons (Fsp3) is 0.609. The van der Waals surface area contributed by atoms with Crippen LogP contribution in [0, 0.1) is 0 Å². The molecule has 2 amide bonds. The first-order valence-electron chi connectivity index (χ1n) is 10.9. The molecule has 0 atom stereocenters. The number of ether oxygens (including phenoxy) is 2. The molecule has 0 aromatic heterocycles. The predicted octanol–water partition coefficient (Wildman–Crippen LogP) is 4.06. The smallest absolute Gasteiger partial charge is 0.412 e. The van der Waals surface area contributed by atoms with E-state index in [9.17, 15) is 9.59 Å². The molecule has 9 nitrogen and oxygen atoms in total. The first kappa shape index (κ1) is 28.8. The van der Waals surface area contributed by atoms with E-state index in [2.05, 4.69) is 10.3 Å². The van der Waals surface area contributed by atoms with Gasteiger partial charge in [0.1, 0.15) is 11.2 Å². The number of guanidine groups is 1. The molecule has 1 aromatic rings. The van der Waals surface area contributed by atoms with Crippen molar-refractivity contribution in [3.8, 4) is 0 Å². The molecule has 1 heterocycles. The van der Waals surface area contributed by atoms with Crippen LogP contribution in [0.4, 0.5) is 15.3 Å². The van der Waals surface area contributed by atoms with Crippen LogP contribution < -0.4 is 11.1 Å². The second-order valence-corrected chi connectivity index (χ2v) is 9.77. The molecule has 0 radical (unpaired) electrons. The highest BCUT2D eigenvalue weighted by Crippen LogP contribution is 2.14.